The highest BCUT2D eigenvalue weighted by Gasteiger charge is 2.39. The Hall–Kier alpha value is -5.74. The minimum absolute atomic E-state index is 0.126. The molecule has 4 heteroatoms. The highest BCUT2D eigenvalue weighted by molar-refractivity contribution is 6.29. The number of benzene rings is 6. The van der Waals surface area contributed by atoms with Crippen molar-refractivity contribution in [2.45, 2.75) is 38.5 Å². The summed E-state index contributed by atoms with van der Waals surface area (Å²) in [5, 5.41) is 0. The Morgan fingerprint density at radius 1 is 0.375 bits per heavy atom. The minimum atomic E-state index is -0.195. The fourth-order valence-corrected chi connectivity index (χ4v) is 8.30. The van der Waals surface area contributed by atoms with Crippen LogP contribution in [-0.4, -0.2) is 11.6 Å². The van der Waals surface area contributed by atoms with Gasteiger partial charge in [-0.3, -0.25) is 9.59 Å². The van der Waals surface area contributed by atoms with Gasteiger partial charge in [-0.25, -0.2) is 0 Å². The van der Waals surface area contributed by atoms with Gasteiger partial charge >= 0.3 is 0 Å². The molecule has 2 heterocycles. The van der Waals surface area contributed by atoms with Crippen LogP contribution in [0.3, 0.4) is 0 Å². The van der Waals surface area contributed by atoms with Crippen LogP contribution >= 0.6 is 0 Å². The van der Waals surface area contributed by atoms with Crippen molar-refractivity contribution in [1.82, 2.24) is 0 Å². The average Bonchev–Trinajstić information content (AvgIpc) is 3.11. The summed E-state index contributed by atoms with van der Waals surface area (Å²) in [7, 11) is 0. The normalized spacial score (nSPS) is 16.2. The summed E-state index contributed by atoms with van der Waals surface area (Å²) in [6, 6.07) is 45.2. The topological polar surface area (TPSA) is 40.6 Å². The van der Waals surface area contributed by atoms with Crippen LogP contribution in [0.2, 0.25) is 0 Å². The zero-order valence-corrected chi connectivity index (χ0v) is 27.4. The number of rotatable bonds is 2. The number of carbonyl (C=O) groups excluding carboxylic acids is 2. The van der Waals surface area contributed by atoms with Crippen molar-refractivity contribution in [3.8, 4) is 0 Å². The Labute approximate surface area is 280 Å². The number of fused-ring (bicyclic) bond motifs is 6. The lowest BCUT2D eigenvalue weighted by molar-refractivity contribution is 0.0979. The number of hydrogen-bond donors (Lipinski definition) is 0. The molecule has 48 heavy (non-hydrogen) atoms. The van der Waals surface area contributed by atoms with Crippen LogP contribution in [0, 0.1) is 0 Å². The van der Waals surface area contributed by atoms with Gasteiger partial charge in [-0.2, -0.15) is 0 Å². The van der Waals surface area contributed by atoms with Gasteiger partial charge < -0.3 is 9.80 Å². The maximum absolute atomic E-state index is 14.5. The van der Waals surface area contributed by atoms with Gasteiger partial charge in [0.05, 0.1) is 22.7 Å². The van der Waals surface area contributed by atoms with E-state index in [1.54, 1.807) is 0 Å². The van der Waals surface area contributed by atoms with Crippen molar-refractivity contribution in [2.75, 3.05) is 9.80 Å². The molecule has 0 amide bonds. The third-order valence-corrected chi connectivity index (χ3v) is 10.8. The molecule has 0 saturated heterocycles. The molecule has 4 nitrogen and oxygen atoms in total. The molecule has 0 aromatic heterocycles. The number of carbonyl (C=O) groups is 2. The van der Waals surface area contributed by atoms with Gasteiger partial charge in [0.2, 0.25) is 0 Å². The summed E-state index contributed by atoms with van der Waals surface area (Å²) in [5.41, 5.74) is 12.2. The van der Waals surface area contributed by atoms with Crippen molar-refractivity contribution >= 4 is 45.7 Å². The number of anilines is 6. The van der Waals surface area contributed by atoms with E-state index in [1.807, 2.05) is 36.4 Å². The van der Waals surface area contributed by atoms with Crippen molar-refractivity contribution < 1.29 is 9.59 Å². The van der Waals surface area contributed by atoms with Crippen LogP contribution in [0.4, 0.5) is 34.1 Å². The fraction of sp³-hybridized carbons (Fsp3) is 0.136. The van der Waals surface area contributed by atoms with E-state index in [9.17, 15) is 9.59 Å². The largest absolute Gasteiger partial charge is 0.310 e. The van der Waals surface area contributed by atoms with Crippen LogP contribution < -0.4 is 9.80 Å². The predicted octanol–water partition coefficient (Wildman–Crippen LogP) is 10.7. The molecular formula is C44H34N2O2. The van der Waals surface area contributed by atoms with E-state index in [-0.39, 0.29) is 22.4 Å². The molecule has 1 aliphatic carbocycles. The van der Waals surface area contributed by atoms with Crippen LogP contribution in [0.15, 0.2) is 133 Å². The summed E-state index contributed by atoms with van der Waals surface area (Å²) < 4.78 is 0. The summed E-state index contributed by atoms with van der Waals surface area (Å²) in [6.45, 7) is 9.02. The van der Waals surface area contributed by atoms with Crippen molar-refractivity contribution in [3.63, 3.8) is 0 Å². The fourth-order valence-electron chi connectivity index (χ4n) is 8.30. The standard InChI is InChI=1S/C44H34N2O2/c1-43(2)33-13-5-9-17-37(33)45(38-18-10-6-14-34(38)43)27-21-23-29-31(25-27)42(48)32-26-28(22-24-30(32)41(29)47)46-39-19-11-7-15-35(39)44(3,4)36-16-8-12-20-40(36)46/h5-26H,1-4H3. The van der Waals surface area contributed by atoms with Gasteiger partial charge in [-0.05, 0) is 82.9 Å². The Morgan fingerprint density at radius 2 is 0.667 bits per heavy atom. The molecule has 0 fully saturated rings. The van der Waals surface area contributed by atoms with Gasteiger partial charge in [0.25, 0.3) is 0 Å². The molecule has 3 aliphatic rings. The molecule has 6 aromatic carbocycles. The highest BCUT2D eigenvalue weighted by atomic mass is 16.1. The lowest BCUT2D eigenvalue weighted by Crippen LogP contribution is -2.31. The molecule has 0 N–H and O–H groups in total. The van der Waals surface area contributed by atoms with Crippen LogP contribution in [0.1, 0.15) is 81.8 Å². The molecule has 0 spiro atoms. The van der Waals surface area contributed by atoms with Crippen molar-refractivity contribution in [3.05, 3.63) is 178 Å². The monoisotopic (exact) mass is 622 g/mol. The van der Waals surface area contributed by atoms with Crippen LogP contribution in [0.25, 0.3) is 0 Å². The molecule has 0 unspecified atom stereocenters. The predicted molar refractivity (Wildman–Crippen MR) is 193 cm³/mol. The maximum Gasteiger partial charge on any atom is 0.194 e. The Morgan fingerprint density at radius 3 is 1.00 bits per heavy atom. The number of ketones is 2. The molecule has 0 atom stereocenters. The Kier molecular flexibility index (Phi) is 5.86. The smallest absolute Gasteiger partial charge is 0.194 e. The Balaban J connectivity index is 1.18. The van der Waals surface area contributed by atoms with Crippen molar-refractivity contribution in [2.24, 2.45) is 0 Å². The van der Waals surface area contributed by atoms with E-state index in [4.69, 9.17) is 0 Å². The lowest BCUT2D eigenvalue weighted by atomic mass is 9.73. The first kappa shape index (κ1) is 28.5. The van der Waals surface area contributed by atoms with Crippen molar-refractivity contribution in [1.29, 1.82) is 0 Å². The minimum Gasteiger partial charge on any atom is -0.310 e. The summed E-state index contributed by atoms with van der Waals surface area (Å²) >= 11 is 0. The Bertz CT molecular complexity index is 2100. The average molecular weight is 623 g/mol. The molecule has 232 valence electrons. The summed E-state index contributed by atoms with van der Waals surface area (Å²) in [4.78, 5) is 33.0. The van der Waals surface area contributed by atoms with Gasteiger partial charge in [0.1, 0.15) is 0 Å². The van der Waals surface area contributed by atoms with Gasteiger partial charge in [0.15, 0.2) is 11.6 Å². The van der Waals surface area contributed by atoms with E-state index in [1.165, 1.54) is 22.3 Å². The molecule has 0 saturated carbocycles. The van der Waals surface area contributed by atoms with E-state index in [0.717, 1.165) is 34.1 Å². The van der Waals surface area contributed by atoms with Gasteiger partial charge in [0, 0.05) is 44.5 Å². The molecule has 9 rings (SSSR count). The zero-order chi connectivity index (χ0) is 32.9. The lowest BCUT2D eigenvalue weighted by Gasteiger charge is -2.42. The van der Waals surface area contributed by atoms with E-state index in [2.05, 4.69) is 135 Å². The zero-order valence-electron chi connectivity index (χ0n) is 27.4. The van der Waals surface area contributed by atoms with E-state index < -0.39 is 0 Å². The third-order valence-electron chi connectivity index (χ3n) is 10.8. The first-order valence-electron chi connectivity index (χ1n) is 16.5. The second-order valence-electron chi connectivity index (χ2n) is 14.1. The number of nitrogens with zero attached hydrogens (tertiary/aromatic N) is 2. The summed E-state index contributed by atoms with van der Waals surface area (Å²) in [6.07, 6.45) is 0. The van der Waals surface area contributed by atoms with E-state index in [0.29, 0.717) is 22.3 Å². The quantitative estimate of drug-likeness (QED) is 0.192. The number of para-hydroxylation sites is 4. The molecule has 0 bridgehead atoms. The van der Waals surface area contributed by atoms with Crippen LogP contribution in [0.5, 0.6) is 0 Å². The first-order chi connectivity index (χ1) is 23.2. The molecule has 0 radical (unpaired) electrons. The number of hydrogen-bond acceptors (Lipinski definition) is 4. The van der Waals surface area contributed by atoms with Gasteiger partial charge in [-0.1, -0.05) is 100 Å². The highest BCUT2D eigenvalue weighted by Crippen LogP contribution is 2.53. The second-order valence-corrected chi connectivity index (χ2v) is 14.1. The molecule has 6 aromatic rings. The second kappa shape index (κ2) is 9.88. The maximum atomic E-state index is 14.5. The SMILES string of the molecule is CC1(C)c2ccccc2N(c2ccc3c(c2)C(=O)c2cc(N4c5ccccc5C(C)(C)c5ccccc54)ccc2C3=O)c2ccccc21. The molecular weight excluding hydrogens is 588 g/mol. The van der Waals surface area contributed by atoms with Crippen LogP contribution in [-0.2, 0) is 10.8 Å². The van der Waals surface area contributed by atoms with E-state index >= 15 is 0 Å². The first-order valence-corrected chi connectivity index (χ1v) is 16.5. The summed E-state index contributed by atoms with van der Waals surface area (Å²) in [5.74, 6) is -0.264. The van der Waals surface area contributed by atoms with Gasteiger partial charge in [-0.15, -0.1) is 0 Å². The molecule has 2 aliphatic heterocycles. The third kappa shape index (κ3) is 3.77.